The normalized spacial score (nSPS) is 19.6. The predicted molar refractivity (Wildman–Crippen MR) is 188 cm³/mol. The van der Waals surface area contributed by atoms with Crippen LogP contribution in [-0.2, 0) is 9.84 Å². The van der Waals surface area contributed by atoms with Gasteiger partial charge in [-0.15, -0.1) is 0 Å². The molecule has 1 heterocycles. The van der Waals surface area contributed by atoms with Crippen molar-refractivity contribution in [1.82, 2.24) is 10.2 Å². The average molecular weight is 728 g/mol. The van der Waals surface area contributed by atoms with E-state index in [2.05, 4.69) is 52.3 Å². The molecule has 0 spiro atoms. The number of hydrogen-bond acceptors (Lipinski definition) is 6. The van der Waals surface area contributed by atoms with Gasteiger partial charge in [0.25, 0.3) is 11.8 Å². The van der Waals surface area contributed by atoms with Gasteiger partial charge in [0.2, 0.25) is 9.84 Å². The predicted octanol–water partition coefficient (Wildman–Crippen LogP) is 7.69. The topological polar surface area (TPSA) is 90.5 Å². The lowest BCUT2D eigenvalue weighted by Crippen LogP contribution is -2.46. The fourth-order valence-electron chi connectivity index (χ4n) is 6.64. The van der Waals surface area contributed by atoms with E-state index in [1.807, 2.05) is 6.07 Å². The van der Waals surface area contributed by atoms with E-state index in [0.29, 0.717) is 41.7 Å². The zero-order chi connectivity index (χ0) is 34.1. The van der Waals surface area contributed by atoms with Crippen LogP contribution in [0.5, 0.6) is 0 Å². The number of likely N-dealkylation sites (N-methyl/N-ethyl adjacent to an activating group) is 1. The lowest BCUT2D eigenvalue weighted by atomic mass is 9.93. The number of likely N-dealkylation sites (tertiary alicyclic amines) is 1. The standard InChI is InChI=1S/C36H41BrF2N4O3S/c1-6-23(27-10-8-9-11-31(27)41-7-2)19-36(38,39)33(20-40-5)42-32-17-16-26(47(45,46)25-14-12-24(37)13-15-25)18-28(32)34(44)43-21-29-30(22-43)35(29,3)4/h6-18,29-30,33,40-42H,2,19-22H2,1,3-5H3/b23-6-. The highest BCUT2D eigenvalue weighted by Crippen LogP contribution is 2.62. The van der Waals surface area contributed by atoms with Crippen LogP contribution in [0.4, 0.5) is 20.2 Å². The van der Waals surface area contributed by atoms with Gasteiger partial charge in [-0.1, -0.05) is 60.6 Å². The highest BCUT2D eigenvalue weighted by Gasteiger charge is 2.62. The van der Waals surface area contributed by atoms with Gasteiger partial charge in [-0.05, 0) is 91.5 Å². The summed E-state index contributed by atoms with van der Waals surface area (Å²) in [5, 5.41) is 8.84. The first kappa shape index (κ1) is 34.8. The van der Waals surface area contributed by atoms with Gasteiger partial charge in [-0.25, -0.2) is 17.2 Å². The van der Waals surface area contributed by atoms with Crippen LogP contribution in [0.15, 0.2) is 99.8 Å². The van der Waals surface area contributed by atoms with E-state index in [-0.39, 0.29) is 38.9 Å². The van der Waals surface area contributed by atoms with Crippen LogP contribution in [0.3, 0.4) is 0 Å². The van der Waals surface area contributed by atoms with Crippen LogP contribution < -0.4 is 16.0 Å². The number of amides is 1. The van der Waals surface area contributed by atoms with E-state index in [9.17, 15) is 13.2 Å². The Morgan fingerprint density at radius 2 is 1.68 bits per heavy atom. The molecule has 250 valence electrons. The maximum atomic E-state index is 16.3. The molecule has 3 unspecified atom stereocenters. The van der Waals surface area contributed by atoms with Gasteiger partial charge >= 0.3 is 0 Å². The van der Waals surface area contributed by atoms with Gasteiger partial charge in [-0.2, -0.15) is 0 Å². The number of halogens is 3. The van der Waals surface area contributed by atoms with Gasteiger partial charge < -0.3 is 20.9 Å². The third-order valence-electron chi connectivity index (χ3n) is 9.62. The summed E-state index contributed by atoms with van der Waals surface area (Å²) in [6, 6.07) is 16.1. The van der Waals surface area contributed by atoms with Crippen LogP contribution in [0.2, 0.25) is 0 Å². The molecule has 1 aliphatic carbocycles. The second-order valence-electron chi connectivity index (χ2n) is 12.8. The molecule has 3 aromatic rings. The molecule has 11 heteroatoms. The number of carbonyl (C=O) groups excluding carboxylic acids is 1. The van der Waals surface area contributed by atoms with Crippen LogP contribution in [0.25, 0.3) is 5.57 Å². The Morgan fingerprint density at radius 3 is 2.30 bits per heavy atom. The maximum Gasteiger partial charge on any atom is 0.273 e. The number of hydrogen-bond donors (Lipinski definition) is 3. The number of fused-ring (bicyclic) bond motifs is 1. The molecule has 47 heavy (non-hydrogen) atoms. The Labute approximate surface area is 284 Å². The van der Waals surface area contributed by atoms with Gasteiger partial charge in [0.05, 0.1) is 15.4 Å². The zero-order valence-electron chi connectivity index (χ0n) is 27.0. The largest absolute Gasteiger partial charge is 0.375 e. The number of alkyl halides is 2. The third-order valence-corrected chi connectivity index (χ3v) is 11.9. The molecule has 2 aliphatic rings. The van der Waals surface area contributed by atoms with Gasteiger partial charge in [0.15, 0.2) is 0 Å². The summed E-state index contributed by atoms with van der Waals surface area (Å²) in [4.78, 5) is 15.8. The van der Waals surface area contributed by atoms with E-state index in [1.54, 1.807) is 55.3 Å². The molecule has 7 nitrogen and oxygen atoms in total. The van der Waals surface area contributed by atoms with Crippen molar-refractivity contribution in [1.29, 1.82) is 0 Å². The van der Waals surface area contributed by atoms with E-state index >= 15 is 8.78 Å². The molecule has 0 radical (unpaired) electrons. The van der Waals surface area contributed by atoms with Crippen molar-refractivity contribution in [3.63, 3.8) is 0 Å². The fourth-order valence-corrected chi connectivity index (χ4v) is 8.19. The van der Waals surface area contributed by atoms with Crippen molar-refractivity contribution >= 4 is 48.6 Å². The van der Waals surface area contributed by atoms with Crippen LogP contribution >= 0.6 is 15.9 Å². The highest BCUT2D eigenvalue weighted by atomic mass is 79.9. The second kappa shape index (κ2) is 13.5. The SMILES string of the molecule is C=CNc1ccccc1/C(=C\C)CC(F)(F)C(CNC)Nc1ccc(S(=O)(=O)c2ccc(Br)cc2)cc1C(=O)N1CC2C(C1)C2(C)C. The van der Waals surface area contributed by atoms with Crippen molar-refractivity contribution < 1.29 is 22.0 Å². The minimum absolute atomic E-state index is 0.0472. The van der Waals surface area contributed by atoms with Crippen molar-refractivity contribution in [2.75, 3.05) is 37.3 Å². The smallest absolute Gasteiger partial charge is 0.273 e. The van der Waals surface area contributed by atoms with Crippen LogP contribution in [0, 0.1) is 17.3 Å². The Balaban J connectivity index is 1.50. The van der Waals surface area contributed by atoms with Gasteiger partial charge in [0, 0.05) is 47.5 Å². The molecule has 5 rings (SSSR count). The second-order valence-corrected chi connectivity index (χ2v) is 15.7. The summed E-state index contributed by atoms with van der Waals surface area (Å²) in [5.74, 6) is -2.95. The summed E-state index contributed by atoms with van der Waals surface area (Å²) >= 11 is 3.33. The van der Waals surface area contributed by atoms with E-state index in [4.69, 9.17) is 0 Å². The summed E-state index contributed by atoms with van der Waals surface area (Å²) < 4.78 is 60.6. The first-order valence-electron chi connectivity index (χ1n) is 15.6. The van der Waals surface area contributed by atoms with E-state index in [1.165, 1.54) is 36.5 Å². The number of benzene rings is 3. The summed E-state index contributed by atoms with van der Waals surface area (Å²) in [5.41, 5.74) is 2.08. The van der Waals surface area contributed by atoms with Crippen LogP contribution in [0.1, 0.15) is 43.1 Å². The van der Waals surface area contributed by atoms with Crippen LogP contribution in [-0.4, -0.2) is 57.9 Å². The number of rotatable bonds is 13. The minimum atomic E-state index is -4.00. The Bertz CT molecular complexity index is 1780. The molecule has 2 fully saturated rings. The van der Waals surface area contributed by atoms with E-state index < -0.39 is 28.2 Å². The van der Waals surface area contributed by atoms with E-state index in [0.717, 1.165) is 4.47 Å². The molecule has 3 atom stereocenters. The molecule has 1 saturated carbocycles. The minimum Gasteiger partial charge on any atom is -0.375 e. The Kier molecular flexibility index (Phi) is 10.0. The number of carbonyl (C=O) groups is 1. The molecule has 1 saturated heterocycles. The summed E-state index contributed by atoms with van der Waals surface area (Å²) in [6.07, 6.45) is 2.59. The molecular formula is C36H41BrF2N4O3S. The number of nitrogens with one attached hydrogen (secondary N) is 3. The first-order valence-corrected chi connectivity index (χ1v) is 17.9. The Morgan fingerprint density at radius 1 is 1.04 bits per heavy atom. The number of sulfone groups is 1. The number of nitrogens with zero attached hydrogens (tertiary/aromatic N) is 1. The maximum absolute atomic E-state index is 16.3. The number of para-hydroxylation sites is 1. The monoisotopic (exact) mass is 726 g/mol. The average Bonchev–Trinajstić information content (AvgIpc) is 3.33. The third kappa shape index (κ3) is 7.03. The van der Waals surface area contributed by atoms with Crippen molar-refractivity contribution in [3.05, 3.63) is 101 Å². The molecule has 0 bridgehead atoms. The van der Waals surface area contributed by atoms with Gasteiger partial charge in [-0.3, -0.25) is 4.79 Å². The number of allylic oxidation sites excluding steroid dienone is 2. The highest BCUT2D eigenvalue weighted by molar-refractivity contribution is 9.10. The fraction of sp³-hybridized carbons (Fsp3) is 0.361. The molecule has 0 aromatic heterocycles. The summed E-state index contributed by atoms with van der Waals surface area (Å²) in [7, 11) is -2.41. The number of piperidine rings is 1. The summed E-state index contributed by atoms with van der Waals surface area (Å²) in [6.45, 7) is 10.7. The van der Waals surface area contributed by atoms with Crippen molar-refractivity contribution in [2.45, 2.75) is 48.9 Å². The van der Waals surface area contributed by atoms with Crippen molar-refractivity contribution in [3.8, 4) is 0 Å². The quantitative estimate of drug-likeness (QED) is 0.167. The molecular weight excluding hydrogens is 686 g/mol. The Hall–Kier alpha value is -3.54. The molecule has 1 amide bonds. The molecule has 3 N–H and O–H groups in total. The van der Waals surface area contributed by atoms with Crippen molar-refractivity contribution in [2.24, 2.45) is 17.3 Å². The lowest BCUT2D eigenvalue weighted by molar-refractivity contribution is -0.0122. The molecule has 1 aliphatic heterocycles. The molecule has 3 aromatic carbocycles. The zero-order valence-corrected chi connectivity index (χ0v) is 29.4. The van der Waals surface area contributed by atoms with Gasteiger partial charge in [0.1, 0.15) is 6.04 Å². The first-order chi connectivity index (χ1) is 22.2. The lowest BCUT2D eigenvalue weighted by Gasteiger charge is -2.31. The number of anilines is 2.